The van der Waals surface area contributed by atoms with E-state index in [0.717, 1.165) is 4.47 Å². The summed E-state index contributed by atoms with van der Waals surface area (Å²) in [5.74, 6) is 0.881. The molecule has 0 aromatic heterocycles. The third-order valence-electron chi connectivity index (χ3n) is 2.73. The summed E-state index contributed by atoms with van der Waals surface area (Å²) < 4.78 is 6.31. The van der Waals surface area contributed by atoms with Crippen molar-refractivity contribution in [2.45, 2.75) is 0 Å². The summed E-state index contributed by atoms with van der Waals surface area (Å²) in [5, 5.41) is 8.85. The summed E-state index contributed by atoms with van der Waals surface area (Å²) in [5.41, 5.74) is 0. The minimum absolute atomic E-state index is 0.0327. The summed E-state index contributed by atoms with van der Waals surface area (Å²) in [6, 6.07) is 7.38. The Morgan fingerprint density at radius 2 is 2.29 bits per heavy atom. The zero-order chi connectivity index (χ0) is 12.3. The second-order valence-corrected chi connectivity index (χ2v) is 5.01. The molecule has 0 saturated carbocycles. The fraction of sp³-hybridized carbons (Fsp3) is 0.417. The highest BCUT2D eigenvalue weighted by atomic mass is 79.9. The van der Waals surface area contributed by atoms with E-state index in [1.54, 1.807) is 4.90 Å². The lowest BCUT2D eigenvalue weighted by Crippen LogP contribution is -2.52. The van der Waals surface area contributed by atoms with Gasteiger partial charge in [0.25, 0.3) is 5.91 Å². The Balaban J connectivity index is 1.77. The number of halogens is 1. The first kappa shape index (κ1) is 12.4. The molecule has 1 aromatic carbocycles. The average Bonchev–Trinajstić information content (AvgIpc) is 2.25. The fourth-order valence-electron chi connectivity index (χ4n) is 1.68. The molecule has 0 bridgehead atoms. The third-order valence-corrected chi connectivity index (χ3v) is 3.22. The van der Waals surface area contributed by atoms with Gasteiger partial charge in [0.1, 0.15) is 5.75 Å². The molecule has 1 N–H and O–H groups in total. The second kappa shape index (κ2) is 5.51. The summed E-state index contributed by atoms with van der Waals surface area (Å²) in [6.45, 7) is 1.47. The molecule has 0 radical (unpaired) electrons. The molecule has 5 heteroatoms. The largest absolute Gasteiger partial charge is 0.484 e. The SMILES string of the molecule is O=C(COc1cccc(Br)c1)N1CC(CO)C1. The van der Waals surface area contributed by atoms with E-state index < -0.39 is 0 Å². The molecule has 0 unspecified atom stereocenters. The molecule has 1 aliphatic rings. The molecular weight excluding hydrogens is 286 g/mol. The van der Waals surface area contributed by atoms with Gasteiger partial charge in [-0.1, -0.05) is 22.0 Å². The molecule has 1 amide bonds. The van der Waals surface area contributed by atoms with Gasteiger partial charge < -0.3 is 14.7 Å². The topological polar surface area (TPSA) is 49.8 Å². The van der Waals surface area contributed by atoms with E-state index in [9.17, 15) is 4.79 Å². The first-order chi connectivity index (χ1) is 8.19. The summed E-state index contributed by atoms with van der Waals surface area (Å²) in [6.07, 6.45) is 0. The van der Waals surface area contributed by atoms with Crippen LogP contribution >= 0.6 is 15.9 Å². The number of ether oxygens (including phenoxy) is 1. The van der Waals surface area contributed by atoms with Gasteiger partial charge in [0.05, 0.1) is 0 Å². The lowest BCUT2D eigenvalue weighted by atomic mass is 10.0. The van der Waals surface area contributed by atoms with Crippen molar-refractivity contribution in [3.63, 3.8) is 0 Å². The van der Waals surface area contributed by atoms with E-state index in [0.29, 0.717) is 18.8 Å². The maximum Gasteiger partial charge on any atom is 0.260 e. The van der Waals surface area contributed by atoms with Crippen LogP contribution in [0.4, 0.5) is 0 Å². The Morgan fingerprint density at radius 1 is 1.53 bits per heavy atom. The van der Waals surface area contributed by atoms with Gasteiger partial charge in [-0.05, 0) is 18.2 Å². The number of carbonyl (C=O) groups is 1. The lowest BCUT2D eigenvalue weighted by molar-refractivity contribution is -0.140. The standard InChI is InChI=1S/C12H14BrNO3/c13-10-2-1-3-11(4-10)17-8-12(16)14-5-9(6-14)7-15/h1-4,9,15H,5-8H2. The van der Waals surface area contributed by atoms with Crippen LogP contribution in [0.1, 0.15) is 0 Å². The first-order valence-electron chi connectivity index (χ1n) is 5.46. The molecule has 1 heterocycles. The Bertz CT molecular complexity index is 404. The number of aliphatic hydroxyl groups excluding tert-OH is 1. The number of hydrogen-bond acceptors (Lipinski definition) is 3. The van der Waals surface area contributed by atoms with E-state index in [1.165, 1.54) is 0 Å². The van der Waals surface area contributed by atoms with Crippen LogP contribution in [0.15, 0.2) is 28.7 Å². The van der Waals surface area contributed by atoms with Crippen LogP contribution in [0.5, 0.6) is 5.75 Å². The molecule has 1 aliphatic heterocycles. The predicted octanol–water partition coefficient (Wildman–Crippen LogP) is 1.28. The Kier molecular flexibility index (Phi) is 4.02. The fourth-order valence-corrected chi connectivity index (χ4v) is 2.06. The Labute approximate surface area is 108 Å². The number of amides is 1. The van der Waals surface area contributed by atoms with Crippen LogP contribution in [-0.2, 0) is 4.79 Å². The van der Waals surface area contributed by atoms with E-state index in [-0.39, 0.29) is 25.0 Å². The molecule has 0 spiro atoms. The molecule has 0 atom stereocenters. The summed E-state index contributed by atoms with van der Waals surface area (Å²) in [7, 11) is 0. The van der Waals surface area contributed by atoms with Crippen LogP contribution in [0.3, 0.4) is 0 Å². The van der Waals surface area contributed by atoms with Gasteiger partial charge in [-0.15, -0.1) is 0 Å². The van der Waals surface area contributed by atoms with E-state index in [2.05, 4.69) is 15.9 Å². The van der Waals surface area contributed by atoms with Crippen LogP contribution in [-0.4, -0.2) is 42.2 Å². The lowest BCUT2D eigenvalue weighted by Gasteiger charge is -2.38. The molecule has 1 fully saturated rings. The molecule has 4 nitrogen and oxygen atoms in total. The number of benzene rings is 1. The zero-order valence-electron chi connectivity index (χ0n) is 9.30. The highest BCUT2D eigenvalue weighted by Gasteiger charge is 2.29. The highest BCUT2D eigenvalue weighted by molar-refractivity contribution is 9.10. The molecule has 1 saturated heterocycles. The first-order valence-corrected chi connectivity index (χ1v) is 6.25. The van der Waals surface area contributed by atoms with Crippen molar-refractivity contribution < 1.29 is 14.6 Å². The number of likely N-dealkylation sites (tertiary alicyclic amines) is 1. The van der Waals surface area contributed by atoms with Gasteiger partial charge in [0, 0.05) is 30.1 Å². The maximum absolute atomic E-state index is 11.7. The van der Waals surface area contributed by atoms with E-state index >= 15 is 0 Å². The summed E-state index contributed by atoms with van der Waals surface area (Å²) in [4.78, 5) is 13.3. The predicted molar refractivity (Wildman–Crippen MR) is 66.8 cm³/mol. The molecule has 92 valence electrons. The van der Waals surface area contributed by atoms with Crippen molar-refractivity contribution >= 4 is 21.8 Å². The van der Waals surface area contributed by atoms with Crippen LogP contribution in [0.25, 0.3) is 0 Å². The van der Waals surface area contributed by atoms with E-state index in [1.807, 2.05) is 24.3 Å². The monoisotopic (exact) mass is 299 g/mol. The van der Waals surface area contributed by atoms with Crippen LogP contribution < -0.4 is 4.74 Å². The third kappa shape index (κ3) is 3.20. The summed E-state index contributed by atoms with van der Waals surface area (Å²) >= 11 is 3.34. The van der Waals surface area contributed by atoms with Gasteiger partial charge in [-0.2, -0.15) is 0 Å². The minimum atomic E-state index is -0.0327. The molecule has 2 rings (SSSR count). The molecule has 1 aromatic rings. The quantitative estimate of drug-likeness (QED) is 0.911. The van der Waals surface area contributed by atoms with Crippen molar-refractivity contribution in [2.24, 2.45) is 5.92 Å². The zero-order valence-corrected chi connectivity index (χ0v) is 10.9. The molecular formula is C12H14BrNO3. The average molecular weight is 300 g/mol. The van der Waals surface area contributed by atoms with Gasteiger partial charge in [0.2, 0.25) is 0 Å². The number of nitrogens with zero attached hydrogens (tertiary/aromatic N) is 1. The second-order valence-electron chi connectivity index (χ2n) is 4.09. The van der Waals surface area contributed by atoms with Crippen molar-refractivity contribution in [1.29, 1.82) is 0 Å². The number of hydrogen-bond donors (Lipinski definition) is 1. The van der Waals surface area contributed by atoms with Crippen molar-refractivity contribution in [1.82, 2.24) is 4.90 Å². The van der Waals surface area contributed by atoms with Crippen LogP contribution in [0.2, 0.25) is 0 Å². The van der Waals surface area contributed by atoms with Crippen LogP contribution in [0, 0.1) is 5.92 Å². The smallest absolute Gasteiger partial charge is 0.260 e. The van der Waals surface area contributed by atoms with Gasteiger partial charge in [-0.3, -0.25) is 4.79 Å². The Morgan fingerprint density at radius 3 is 2.94 bits per heavy atom. The van der Waals surface area contributed by atoms with Gasteiger partial charge in [-0.25, -0.2) is 0 Å². The van der Waals surface area contributed by atoms with Crippen molar-refractivity contribution in [2.75, 3.05) is 26.3 Å². The highest BCUT2D eigenvalue weighted by Crippen LogP contribution is 2.19. The molecule has 0 aliphatic carbocycles. The maximum atomic E-state index is 11.7. The van der Waals surface area contributed by atoms with Crippen molar-refractivity contribution in [3.05, 3.63) is 28.7 Å². The number of rotatable bonds is 4. The molecule has 17 heavy (non-hydrogen) atoms. The normalized spacial score (nSPS) is 15.5. The minimum Gasteiger partial charge on any atom is -0.484 e. The van der Waals surface area contributed by atoms with Gasteiger partial charge in [0.15, 0.2) is 6.61 Å². The van der Waals surface area contributed by atoms with Gasteiger partial charge >= 0.3 is 0 Å². The Hall–Kier alpha value is -1.07. The van der Waals surface area contributed by atoms with E-state index in [4.69, 9.17) is 9.84 Å². The van der Waals surface area contributed by atoms with Crippen molar-refractivity contribution in [3.8, 4) is 5.75 Å². The number of carbonyl (C=O) groups excluding carboxylic acids is 1. The number of aliphatic hydroxyl groups is 1.